The highest BCUT2D eigenvalue weighted by atomic mass is 32.1. The normalized spacial score (nSPS) is 15.2. The summed E-state index contributed by atoms with van der Waals surface area (Å²) in [7, 11) is 1.45. The number of aromatic nitrogens is 1. The maximum Gasteiger partial charge on any atom is 0.404 e. The predicted octanol–water partition coefficient (Wildman–Crippen LogP) is 4.66. The van der Waals surface area contributed by atoms with Crippen molar-refractivity contribution in [3.8, 4) is 16.9 Å². The number of anilines is 2. The van der Waals surface area contributed by atoms with Crippen LogP contribution in [0.4, 0.5) is 20.0 Å². The zero-order chi connectivity index (χ0) is 33.6. The van der Waals surface area contributed by atoms with Crippen LogP contribution in [0.1, 0.15) is 27.5 Å². The van der Waals surface area contributed by atoms with Gasteiger partial charge in [-0.05, 0) is 53.1 Å². The minimum Gasteiger partial charge on any atom is -0.467 e. The number of piperazine rings is 1. The van der Waals surface area contributed by atoms with Gasteiger partial charge in [0, 0.05) is 81.3 Å². The number of carboxylic acid groups (broad SMARTS) is 1. The number of carbonyl (C=O) groups is 3. The number of carbonyl (C=O) groups excluding carboxylic acids is 2. The molecule has 3 amide bonds. The van der Waals surface area contributed by atoms with E-state index in [-0.39, 0.29) is 30.6 Å². The number of hydrogen-bond acceptors (Lipinski definition) is 9. The standard InChI is InChI=1S/C34H35FN6O6S/c1-46-21-47-29-9-6-25(35)19-28(29)30(31(42)38-33-36-11-17-48-33)41-20-24-3-2-23(18-27(24)32(41)43)22-4-7-26(8-5-22)40-15-13-39(14-16-40)12-10-37-34(44)45/h2-9,11,17-19,30,37H,10,12-16,20-21H2,1H3,(H,44,45)(H,36,38,42). The summed E-state index contributed by atoms with van der Waals surface area (Å²) < 4.78 is 25.4. The minimum atomic E-state index is -1.21. The Balaban J connectivity index is 1.20. The Labute approximate surface area is 280 Å². The van der Waals surface area contributed by atoms with Crippen LogP contribution in [0.3, 0.4) is 0 Å². The molecule has 1 aromatic heterocycles. The predicted molar refractivity (Wildman–Crippen MR) is 179 cm³/mol. The van der Waals surface area contributed by atoms with Gasteiger partial charge in [-0.15, -0.1) is 11.3 Å². The van der Waals surface area contributed by atoms with Crippen LogP contribution in [0.5, 0.6) is 5.75 Å². The molecule has 0 radical (unpaired) electrons. The third-order valence-electron chi connectivity index (χ3n) is 8.41. The Bertz CT molecular complexity index is 1760. The van der Waals surface area contributed by atoms with E-state index in [2.05, 4.69) is 37.6 Å². The van der Waals surface area contributed by atoms with E-state index < -0.39 is 23.9 Å². The summed E-state index contributed by atoms with van der Waals surface area (Å²) in [6.07, 6.45) is 0.547. The van der Waals surface area contributed by atoms with Crippen molar-refractivity contribution in [2.45, 2.75) is 12.6 Å². The van der Waals surface area contributed by atoms with Crippen molar-refractivity contribution in [3.63, 3.8) is 0 Å². The largest absolute Gasteiger partial charge is 0.467 e. The molecule has 48 heavy (non-hydrogen) atoms. The molecule has 2 aliphatic heterocycles. The molecule has 3 heterocycles. The number of ether oxygens (including phenoxy) is 2. The number of hydrogen-bond donors (Lipinski definition) is 3. The quantitative estimate of drug-likeness (QED) is 0.183. The van der Waals surface area contributed by atoms with Gasteiger partial charge in [0.2, 0.25) is 0 Å². The number of amides is 3. The van der Waals surface area contributed by atoms with Crippen molar-refractivity contribution in [2.24, 2.45) is 0 Å². The average molecular weight is 675 g/mol. The summed E-state index contributed by atoms with van der Waals surface area (Å²) in [6, 6.07) is 16.5. The summed E-state index contributed by atoms with van der Waals surface area (Å²) >= 11 is 1.23. The molecule has 3 aromatic carbocycles. The van der Waals surface area contributed by atoms with Crippen molar-refractivity contribution < 1.29 is 33.4 Å². The molecule has 1 fully saturated rings. The monoisotopic (exact) mass is 674 g/mol. The molecular weight excluding hydrogens is 639 g/mol. The van der Waals surface area contributed by atoms with Crippen LogP contribution >= 0.6 is 11.3 Å². The highest BCUT2D eigenvalue weighted by Crippen LogP contribution is 2.38. The molecule has 2 aliphatic rings. The molecule has 12 nitrogen and oxygen atoms in total. The lowest BCUT2D eigenvalue weighted by Crippen LogP contribution is -2.48. The fourth-order valence-corrected chi connectivity index (χ4v) is 6.56. The molecule has 250 valence electrons. The number of rotatable bonds is 12. The first kappa shape index (κ1) is 32.9. The van der Waals surface area contributed by atoms with Gasteiger partial charge in [-0.3, -0.25) is 19.8 Å². The molecule has 1 atom stereocenters. The Morgan fingerprint density at radius 3 is 2.52 bits per heavy atom. The van der Waals surface area contributed by atoms with E-state index in [9.17, 15) is 18.8 Å². The molecule has 0 aliphatic carbocycles. The SMILES string of the molecule is COCOc1ccc(F)cc1C(C(=O)Nc1nccs1)N1Cc2ccc(-c3ccc(N4CCN(CCNC(=O)O)CC4)cc3)cc2C1=O. The maximum absolute atomic E-state index is 14.6. The Morgan fingerprint density at radius 2 is 1.81 bits per heavy atom. The summed E-state index contributed by atoms with van der Waals surface area (Å²) in [6.45, 7) is 4.43. The number of nitrogens with one attached hydrogen (secondary N) is 2. The summed E-state index contributed by atoms with van der Waals surface area (Å²) in [5.74, 6) is -1.26. The lowest BCUT2D eigenvalue weighted by Gasteiger charge is -2.36. The first-order valence-electron chi connectivity index (χ1n) is 15.4. The second-order valence-corrected chi connectivity index (χ2v) is 12.3. The number of halogens is 1. The first-order valence-corrected chi connectivity index (χ1v) is 16.3. The number of thiazole rings is 1. The first-order chi connectivity index (χ1) is 23.3. The summed E-state index contributed by atoms with van der Waals surface area (Å²) in [5, 5.41) is 16.0. The van der Waals surface area contributed by atoms with Crippen LogP contribution in [0.2, 0.25) is 0 Å². The van der Waals surface area contributed by atoms with Crippen molar-refractivity contribution in [1.29, 1.82) is 0 Å². The topological polar surface area (TPSA) is 137 Å². The van der Waals surface area contributed by atoms with Crippen LogP contribution in [0.15, 0.2) is 72.2 Å². The second kappa shape index (κ2) is 14.8. The third kappa shape index (κ3) is 7.40. The van der Waals surface area contributed by atoms with E-state index >= 15 is 0 Å². The van der Waals surface area contributed by atoms with E-state index in [1.165, 1.54) is 41.5 Å². The van der Waals surface area contributed by atoms with Gasteiger partial charge in [-0.1, -0.05) is 24.3 Å². The Kier molecular flexibility index (Phi) is 10.1. The molecular formula is C34H35FN6O6S. The van der Waals surface area contributed by atoms with Crippen LogP contribution in [-0.4, -0.2) is 91.0 Å². The van der Waals surface area contributed by atoms with E-state index in [1.807, 2.05) is 30.3 Å². The number of benzene rings is 3. The highest BCUT2D eigenvalue weighted by molar-refractivity contribution is 7.13. The summed E-state index contributed by atoms with van der Waals surface area (Å²) in [4.78, 5) is 48.6. The highest BCUT2D eigenvalue weighted by Gasteiger charge is 2.39. The molecule has 3 N–H and O–H groups in total. The van der Waals surface area contributed by atoms with Gasteiger partial charge < -0.3 is 29.7 Å². The average Bonchev–Trinajstić information content (AvgIpc) is 3.72. The minimum absolute atomic E-state index is 0.127. The molecule has 6 rings (SSSR count). The lowest BCUT2D eigenvalue weighted by atomic mass is 10.00. The number of fused-ring (bicyclic) bond motifs is 1. The van der Waals surface area contributed by atoms with Crippen LogP contribution in [0, 0.1) is 5.82 Å². The third-order valence-corrected chi connectivity index (χ3v) is 9.09. The van der Waals surface area contributed by atoms with E-state index in [1.54, 1.807) is 11.6 Å². The van der Waals surface area contributed by atoms with Crippen LogP contribution in [-0.2, 0) is 16.1 Å². The van der Waals surface area contributed by atoms with Crippen molar-refractivity contribution in [3.05, 3.63) is 94.7 Å². The van der Waals surface area contributed by atoms with Gasteiger partial charge >= 0.3 is 6.09 Å². The summed E-state index contributed by atoms with van der Waals surface area (Å²) in [5.41, 5.74) is 4.28. The van der Waals surface area contributed by atoms with Gasteiger partial charge in [0.1, 0.15) is 17.6 Å². The fraction of sp³-hybridized carbons (Fsp3) is 0.294. The van der Waals surface area contributed by atoms with Crippen molar-refractivity contribution in [2.75, 3.05) is 63.4 Å². The van der Waals surface area contributed by atoms with Crippen LogP contribution < -0.4 is 20.3 Å². The number of methoxy groups -OCH3 is 1. The Hall–Kier alpha value is -5.05. The maximum atomic E-state index is 14.6. The van der Waals surface area contributed by atoms with E-state index in [0.717, 1.165) is 48.6 Å². The molecule has 4 aromatic rings. The van der Waals surface area contributed by atoms with Gasteiger partial charge in [-0.2, -0.15) is 0 Å². The smallest absolute Gasteiger partial charge is 0.404 e. The second-order valence-electron chi connectivity index (χ2n) is 11.4. The molecule has 1 saturated heterocycles. The zero-order valence-corrected chi connectivity index (χ0v) is 27.0. The van der Waals surface area contributed by atoms with E-state index in [4.69, 9.17) is 14.6 Å². The lowest BCUT2D eigenvalue weighted by molar-refractivity contribution is -0.121. The molecule has 0 spiro atoms. The molecule has 14 heteroatoms. The van der Waals surface area contributed by atoms with Crippen LogP contribution in [0.25, 0.3) is 11.1 Å². The Morgan fingerprint density at radius 1 is 1.04 bits per heavy atom. The molecule has 0 saturated carbocycles. The van der Waals surface area contributed by atoms with Gasteiger partial charge in [0.25, 0.3) is 11.8 Å². The van der Waals surface area contributed by atoms with Crippen molar-refractivity contribution in [1.82, 2.24) is 20.1 Å². The van der Waals surface area contributed by atoms with Gasteiger partial charge in [0.15, 0.2) is 11.9 Å². The van der Waals surface area contributed by atoms with Gasteiger partial charge in [-0.25, -0.2) is 14.2 Å². The molecule has 1 unspecified atom stereocenters. The zero-order valence-electron chi connectivity index (χ0n) is 26.2. The number of nitrogens with zero attached hydrogens (tertiary/aromatic N) is 4. The fourth-order valence-electron chi connectivity index (χ4n) is 6.02. The molecule has 0 bridgehead atoms. The van der Waals surface area contributed by atoms with Gasteiger partial charge in [0.05, 0.1) is 0 Å². The van der Waals surface area contributed by atoms with Crippen molar-refractivity contribution >= 4 is 40.1 Å². The van der Waals surface area contributed by atoms with E-state index in [0.29, 0.717) is 23.8 Å².